The Bertz CT molecular complexity index is 1230. The topological polar surface area (TPSA) is 35.5 Å². The Morgan fingerprint density at radius 2 is 1.17 bits per heavy atom. The smallest absolute Gasteiger partial charge is 0.340 e. The lowest BCUT2D eigenvalue weighted by Gasteiger charge is -2.36. The molecular weight excluding hydrogens is 360 g/mol. The molecule has 6 rings (SSSR count). The van der Waals surface area contributed by atoms with Crippen molar-refractivity contribution < 1.29 is 14.3 Å². The first-order chi connectivity index (χ1) is 14.3. The van der Waals surface area contributed by atoms with Gasteiger partial charge in [0.1, 0.15) is 11.5 Å². The van der Waals surface area contributed by atoms with Crippen LogP contribution in [0.25, 0.3) is 11.1 Å². The van der Waals surface area contributed by atoms with Crippen LogP contribution in [0.4, 0.5) is 0 Å². The quantitative estimate of drug-likeness (QED) is 0.387. The third-order valence-corrected chi connectivity index (χ3v) is 5.73. The molecule has 3 nitrogen and oxygen atoms in total. The molecule has 0 fully saturated rings. The maximum atomic E-state index is 13.3. The van der Waals surface area contributed by atoms with Gasteiger partial charge in [0.05, 0.1) is 5.56 Å². The summed E-state index contributed by atoms with van der Waals surface area (Å²) in [5.74, 6) is 1.10. The average molecular weight is 376 g/mol. The number of benzene rings is 4. The van der Waals surface area contributed by atoms with E-state index in [-0.39, 0.29) is 5.97 Å². The van der Waals surface area contributed by atoms with Crippen LogP contribution in [-0.2, 0) is 10.3 Å². The van der Waals surface area contributed by atoms with Gasteiger partial charge in [0.2, 0.25) is 0 Å². The molecule has 138 valence electrons. The fraction of sp³-hybridized carbons (Fsp3) is 0.0385. The summed E-state index contributed by atoms with van der Waals surface area (Å²) >= 11 is 0. The molecule has 0 aliphatic carbocycles. The molecule has 2 heterocycles. The molecule has 0 amide bonds. The highest BCUT2D eigenvalue weighted by Gasteiger charge is 2.53. The van der Waals surface area contributed by atoms with Gasteiger partial charge in [0.15, 0.2) is 5.60 Å². The molecule has 0 radical (unpaired) electrons. The van der Waals surface area contributed by atoms with Gasteiger partial charge in [-0.05, 0) is 23.3 Å². The van der Waals surface area contributed by atoms with Crippen molar-refractivity contribution >= 4 is 5.97 Å². The first-order valence-electron chi connectivity index (χ1n) is 9.58. The number of hydrogen-bond acceptors (Lipinski definition) is 3. The SMILES string of the molecule is O=C1OC2(c3ccccc3Oc3ccccc32)c2cccc(-c3ccccc3)c21. The zero-order valence-electron chi connectivity index (χ0n) is 15.5. The largest absolute Gasteiger partial charge is 0.456 e. The molecule has 2 aliphatic heterocycles. The van der Waals surface area contributed by atoms with Gasteiger partial charge in [-0.3, -0.25) is 0 Å². The van der Waals surface area contributed by atoms with E-state index < -0.39 is 5.60 Å². The van der Waals surface area contributed by atoms with E-state index in [0.29, 0.717) is 17.1 Å². The second-order valence-electron chi connectivity index (χ2n) is 7.26. The maximum Gasteiger partial charge on any atom is 0.340 e. The summed E-state index contributed by atoms with van der Waals surface area (Å²) in [6.45, 7) is 0. The fourth-order valence-electron chi connectivity index (χ4n) is 4.53. The molecule has 3 heteroatoms. The average Bonchev–Trinajstić information content (AvgIpc) is 3.08. The fourth-order valence-corrected chi connectivity index (χ4v) is 4.53. The molecule has 1 spiro atoms. The van der Waals surface area contributed by atoms with E-state index in [4.69, 9.17) is 9.47 Å². The summed E-state index contributed by atoms with van der Waals surface area (Å²) in [6.07, 6.45) is 0. The van der Waals surface area contributed by atoms with Crippen LogP contribution in [0.3, 0.4) is 0 Å². The molecule has 0 aromatic heterocycles. The van der Waals surface area contributed by atoms with E-state index in [1.54, 1.807) is 0 Å². The number of rotatable bonds is 1. The van der Waals surface area contributed by atoms with Crippen molar-refractivity contribution in [2.45, 2.75) is 5.60 Å². The molecule has 0 unspecified atom stereocenters. The Hall–Kier alpha value is -3.85. The monoisotopic (exact) mass is 376 g/mol. The minimum atomic E-state index is -1.01. The summed E-state index contributed by atoms with van der Waals surface area (Å²) in [7, 11) is 0. The van der Waals surface area contributed by atoms with E-state index in [0.717, 1.165) is 27.8 Å². The van der Waals surface area contributed by atoms with Gasteiger partial charge < -0.3 is 9.47 Å². The zero-order chi connectivity index (χ0) is 19.4. The van der Waals surface area contributed by atoms with Gasteiger partial charge in [-0.15, -0.1) is 0 Å². The highest BCUT2D eigenvalue weighted by Crippen LogP contribution is 2.56. The van der Waals surface area contributed by atoms with E-state index in [1.165, 1.54) is 0 Å². The van der Waals surface area contributed by atoms with Crippen LogP contribution >= 0.6 is 0 Å². The lowest BCUT2D eigenvalue weighted by atomic mass is 9.77. The Morgan fingerprint density at radius 1 is 0.586 bits per heavy atom. The summed E-state index contributed by atoms with van der Waals surface area (Å²) in [5.41, 5.74) is 4.02. The number of para-hydroxylation sites is 2. The molecule has 0 N–H and O–H groups in total. The minimum absolute atomic E-state index is 0.314. The molecular formula is C26H16O3. The molecule has 4 aromatic rings. The number of carbonyl (C=O) groups is 1. The predicted molar refractivity (Wildman–Crippen MR) is 110 cm³/mol. The van der Waals surface area contributed by atoms with Gasteiger partial charge in [-0.2, -0.15) is 0 Å². The van der Waals surface area contributed by atoms with Crippen LogP contribution in [-0.4, -0.2) is 5.97 Å². The van der Waals surface area contributed by atoms with E-state index in [2.05, 4.69) is 0 Å². The highest BCUT2D eigenvalue weighted by atomic mass is 16.6. The van der Waals surface area contributed by atoms with Crippen molar-refractivity contribution in [1.82, 2.24) is 0 Å². The number of carbonyl (C=O) groups excluding carboxylic acids is 1. The zero-order valence-corrected chi connectivity index (χ0v) is 15.5. The highest BCUT2D eigenvalue weighted by molar-refractivity contribution is 6.03. The second kappa shape index (κ2) is 5.82. The Labute approximate surface area is 168 Å². The standard InChI is InChI=1S/C26H16O3/c27-25-24-18(17-9-2-1-3-10-17)11-8-14-21(24)26(29-25)19-12-4-6-15-22(19)28-23-16-7-5-13-20(23)26/h1-16H. The van der Waals surface area contributed by atoms with E-state index in [9.17, 15) is 4.79 Å². The number of esters is 1. The van der Waals surface area contributed by atoms with Crippen LogP contribution in [0.1, 0.15) is 27.0 Å². The Balaban J connectivity index is 1.71. The lowest BCUT2D eigenvalue weighted by Crippen LogP contribution is -2.32. The molecule has 0 bridgehead atoms. The van der Waals surface area contributed by atoms with E-state index >= 15 is 0 Å². The van der Waals surface area contributed by atoms with Crippen LogP contribution in [0, 0.1) is 0 Å². The summed E-state index contributed by atoms with van der Waals surface area (Å²) < 4.78 is 12.4. The predicted octanol–water partition coefficient (Wildman–Crippen LogP) is 5.92. The van der Waals surface area contributed by atoms with Crippen molar-refractivity contribution in [3.63, 3.8) is 0 Å². The van der Waals surface area contributed by atoms with Crippen molar-refractivity contribution in [2.75, 3.05) is 0 Å². The van der Waals surface area contributed by atoms with Gasteiger partial charge in [-0.1, -0.05) is 84.9 Å². The molecule has 29 heavy (non-hydrogen) atoms. The van der Waals surface area contributed by atoms with E-state index in [1.807, 2.05) is 97.1 Å². The Morgan fingerprint density at radius 3 is 1.86 bits per heavy atom. The van der Waals surface area contributed by atoms with Gasteiger partial charge in [0, 0.05) is 16.7 Å². The normalized spacial score (nSPS) is 15.1. The number of ether oxygens (including phenoxy) is 2. The van der Waals surface area contributed by atoms with Crippen LogP contribution in [0.5, 0.6) is 11.5 Å². The van der Waals surface area contributed by atoms with Crippen LogP contribution < -0.4 is 4.74 Å². The first-order valence-corrected chi connectivity index (χ1v) is 9.58. The summed E-state index contributed by atoms with van der Waals surface area (Å²) in [4.78, 5) is 13.3. The van der Waals surface area contributed by atoms with Gasteiger partial charge >= 0.3 is 5.97 Å². The number of hydrogen-bond donors (Lipinski definition) is 0. The number of fused-ring (bicyclic) bond motifs is 6. The molecule has 2 aliphatic rings. The second-order valence-corrected chi connectivity index (χ2v) is 7.26. The first kappa shape index (κ1) is 16.1. The minimum Gasteiger partial charge on any atom is -0.456 e. The molecule has 4 aromatic carbocycles. The molecule has 0 saturated heterocycles. The Kier molecular flexibility index (Phi) is 3.24. The lowest BCUT2D eigenvalue weighted by molar-refractivity contribution is 0.0225. The van der Waals surface area contributed by atoms with Crippen molar-refractivity contribution in [2.24, 2.45) is 0 Å². The molecule has 0 saturated carbocycles. The van der Waals surface area contributed by atoms with Crippen LogP contribution in [0.15, 0.2) is 97.1 Å². The van der Waals surface area contributed by atoms with Gasteiger partial charge in [-0.25, -0.2) is 4.79 Å². The summed E-state index contributed by atoms with van der Waals surface area (Å²) in [6, 6.07) is 31.4. The third kappa shape index (κ3) is 2.10. The summed E-state index contributed by atoms with van der Waals surface area (Å²) in [5, 5.41) is 0. The van der Waals surface area contributed by atoms with Crippen molar-refractivity contribution in [3.8, 4) is 22.6 Å². The van der Waals surface area contributed by atoms with Crippen molar-refractivity contribution in [3.05, 3.63) is 119 Å². The third-order valence-electron chi connectivity index (χ3n) is 5.73. The maximum absolute atomic E-state index is 13.3. The molecule has 0 atom stereocenters. The van der Waals surface area contributed by atoms with Crippen LogP contribution in [0.2, 0.25) is 0 Å². The van der Waals surface area contributed by atoms with Gasteiger partial charge in [0.25, 0.3) is 0 Å². The van der Waals surface area contributed by atoms with Crippen molar-refractivity contribution in [1.29, 1.82) is 0 Å².